The number of H-pyrrole nitrogens is 1. The predicted molar refractivity (Wildman–Crippen MR) is 125 cm³/mol. The monoisotopic (exact) mass is 427 g/mol. The number of unbranched alkanes of at least 4 members (excludes halogenated alkanes) is 1. The zero-order valence-corrected chi connectivity index (χ0v) is 18.7. The number of carbonyl (C=O) groups is 1. The Morgan fingerprint density at radius 3 is 2.68 bits per heavy atom. The van der Waals surface area contributed by atoms with Gasteiger partial charge in [0.1, 0.15) is 5.82 Å². The third kappa shape index (κ3) is 4.68. The number of rotatable bonds is 8. The van der Waals surface area contributed by atoms with Crippen LogP contribution in [-0.2, 0) is 17.8 Å². The summed E-state index contributed by atoms with van der Waals surface area (Å²) in [6, 6.07) is 8.33. The Hall–Kier alpha value is -3.03. The van der Waals surface area contributed by atoms with Gasteiger partial charge in [-0.2, -0.15) is 0 Å². The highest BCUT2D eigenvalue weighted by Crippen LogP contribution is 2.30. The molecular formula is C23H33N5O3. The van der Waals surface area contributed by atoms with E-state index >= 15 is 0 Å². The number of aromatic nitrogens is 2. The summed E-state index contributed by atoms with van der Waals surface area (Å²) in [4.78, 5) is 44.4. The first-order chi connectivity index (χ1) is 14.9. The molecule has 0 saturated carbocycles. The predicted octanol–water partition coefficient (Wildman–Crippen LogP) is 2.50. The molecule has 1 aliphatic rings. The number of amides is 1. The standard InChI is InChI=1S/C23H33N5O3/c1-4-6-14-26(20-21(24)27(13-5-2)23(31)25-22(20)30)19(29)15-28-16(3)11-12-17-9-7-8-10-18(17)28/h7-10,16H,4-6,11-15,24H2,1-3H3,(H,25,30,31). The lowest BCUT2D eigenvalue weighted by molar-refractivity contribution is -0.117. The summed E-state index contributed by atoms with van der Waals surface area (Å²) in [6.45, 7) is 6.95. The van der Waals surface area contributed by atoms with Gasteiger partial charge in [-0.15, -0.1) is 0 Å². The van der Waals surface area contributed by atoms with Gasteiger partial charge in [-0.25, -0.2) is 4.79 Å². The zero-order chi connectivity index (χ0) is 22.5. The van der Waals surface area contributed by atoms with Gasteiger partial charge in [0.15, 0.2) is 5.69 Å². The Morgan fingerprint density at radius 1 is 1.23 bits per heavy atom. The minimum atomic E-state index is -0.619. The Balaban J connectivity index is 1.99. The number of carbonyl (C=O) groups excluding carboxylic acids is 1. The Kier molecular flexibility index (Phi) is 7.20. The largest absolute Gasteiger partial charge is 0.383 e. The molecule has 0 aliphatic carbocycles. The van der Waals surface area contributed by atoms with Crippen LogP contribution >= 0.6 is 0 Å². The van der Waals surface area contributed by atoms with Crippen LogP contribution in [0.1, 0.15) is 52.0 Å². The van der Waals surface area contributed by atoms with E-state index < -0.39 is 11.2 Å². The number of fused-ring (bicyclic) bond motifs is 1. The summed E-state index contributed by atoms with van der Waals surface area (Å²) in [7, 11) is 0. The van der Waals surface area contributed by atoms with Crippen LogP contribution in [0, 0.1) is 0 Å². The molecule has 1 unspecified atom stereocenters. The third-order valence-electron chi connectivity index (χ3n) is 5.94. The minimum absolute atomic E-state index is 0.0483. The average Bonchev–Trinajstić information content (AvgIpc) is 2.75. The summed E-state index contributed by atoms with van der Waals surface area (Å²) >= 11 is 0. The average molecular weight is 428 g/mol. The molecule has 8 heteroatoms. The molecule has 1 atom stereocenters. The number of aryl methyl sites for hydroxylation is 1. The van der Waals surface area contributed by atoms with E-state index in [-0.39, 0.29) is 30.0 Å². The maximum Gasteiger partial charge on any atom is 0.330 e. The first-order valence-electron chi connectivity index (χ1n) is 11.2. The second-order valence-electron chi connectivity index (χ2n) is 8.19. The summed E-state index contributed by atoms with van der Waals surface area (Å²) < 4.78 is 1.34. The molecule has 0 radical (unpaired) electrons. The molecule has 2 heterocycles. The second-order valence-corrected chi connectivity index (χ2v) is 8.19. The first-order valence-corrected chi connectivity index (χ1v) is 11.2. The number of hydrogen-bond donors (Lipinski definition) is 2. The normalized spacial score (nSPS) is 15.6. The summed E-state index contributed by atoms with van der Waals surface area (Å²) in [5.41, 5.74) is 7.44. The van der Waals surface area contributed by atoms with Crippen molar-refractivity contribution >= 4 is 23.1 Å². The Bertz CT molecular complexity index is 1040. The van der Waals surface area contributed by atoms with Crippen molar-refractivity contribution in [2.45, 2.75) is 65.5 Å². The lowest BCUT2D eigenvalue weighted by Gasteiger charge is -2.38. The topological polar surface area (TPSA) is 104 Å². The van der Waals surface area contributed by atoms with Gasteiger partial charge in [-0.3, -0.25) is 19.1 Å². The number of nitrogens with zero attached hydrogens (tertiary/aromatic N) is 3. The van der Waals surface area contributed by atoms with Gasteiger partial charge >= 0.3 is 5.69 Å². The molecule has 1 aliphatic heterocycles. The van der Waals surface area contributed by atoms with Crippen LogP contribution in [0.4, 0.5) is 17.2 Å². The van der Waals surface area contributed by atoms with E-state index in [4.69, 9.17) is 5.73 Å². The summed E-state index contributed by atoms with van der Waals surface area (Å²) in [5.74, 6) is -0.150. The molecular weight excluding hydrogens is 394 g/mol. The number of aromatic amines is 1. The lowest BCUT2D eigenvalue weighted by atomic mass is 9.96. The molecule has 1 aromatic heterocycles. The maximum absolute atomic E-state index is 13.5. The van der Waals surface area contributed by atoms with Gasteiger partial charge in [-0.05, 0) is 44.2 Å². The summed E-state index contributed by atoms with van der Waals surface area (Å²) in [6.07, 6.45) is 4.21. The van der Waals surface area contributed by atoms with E-state index in [1.165, 1.54) is 15.0 Å². The molecule has 0 saturated heterocycles. The molecule has 0 fully saturated rings. The minimum Gasteiger partial charge on any atom is -0.383 e. The highest BCUT2D eigenvalue weighted by Gasteiger charge is 2.29. The van der Waals surface area contributed by atoms with Crippen molar-refractivity contribution in [1.29, 1.82) is 0 Å². The quantitative estimate of drug-likeness (QED) is 0.674. The molecule has 1 amide bonds. The highest BCUT2D eigenvalue weighted by molar-refractivity contribution is 5.98. The van der Waals surface area contributed by atoms with Crippen LogP contribution in [0.5, 0.6) is 0 Å². The van der Waals surface area contributed by atoms with Crippen LogP contribution in [0.15, 0.2) is 33.9 Å². The van der Waals surface area contributed by atoms with Crippen molar-refractivity contribution < 1.29 is 4.79 Å². The van der Waals surface area contributed by atoms with Gasteiger partial charge < -0.3 is 15.5 Å². The smallest absolute Gasteiger partial charge is 0.330 e. The number of nitrogens with one attached hydrogen (secondary N) is 1. The molecule has 1 aromatic carbocycles. The maximum atomic E-state index is 13.5. The van der Waals surface area contributed by atoms with Crippen molar-refractivity contribution in [2.24, 2.45) is 0 Å². The van der Waals surface area contributed by atoms with Crippen molar-refractivity contribution in [2.75, 3.05) is 28.6 Å². The fourth-order valence-electron chi connectivity index (χ4n) is 4.19. The Morgan fingerprint density at radius 2 is 1.97 bits per heavy atom. The number of nitrogen functional groups attached to an aromatic ring is 1. The van der Waals surface area contributed by atoms with Crippen molar-refractivity contribution in [1.82, 2.24) is 9.55 Å². The molecule has 0 bridgehead atoms. The molecule has 8 nitrogen and oxygen atoms in total. The van der Waals surface area contributed by atoms with Gasteiger partial charge in [-0.1, -0.05) is 38.5 Å². The van der Waals surface area contributed by atoms with Crippen LogP contribution in [0.2, 0.25) is 0 Å². The number of benzene rings is 1. The highest BCUT2D eigenvalue weighted by atomic mass is 16.2. The third-order valence-corrected chi connectivity index (χ3v) is 5.94. The fraction of sp³-hybridized carbons (Fsp3) is 0.522. The molecule has 3 rings (SSSR count). The van der Waals surface area contributed by atoms with Gasteiger partial charge in [0.2, 0.25) is 5.91 Å². The van der Waals surface area contributed by atoms with Gasteiger partial charge in [0.05, 0.1) is 6.54 Å². The lowest BCUT2D eigenvalue weighted by Crippen LogP contribution is -2.48. The number of nitrogens with two attached hydrogens (primary N) is 1. The zero-order valence-electron chi connectivity index (χ0n) is 18.7. The van der Waals surface area contributed by atoms with Crippen LogP contribution < -0.4 is 26.8 Å². The SMILES string of the molecule is CCCCN(C(=O)CN1c2ccccc2CCC1C)c1c(N)n(CCC)c(=O)[nH]c1=O. The molecule has 31 heavy (non-hydrogen) atoms. The van der Waals surface area contributed by atoms with Gasteiger partial charge in [0.25, 0.3) is 5.56 Å². The van der Waals surface area contributed by atoms with E-state index in [1.54, 1.807) is 0 Å². The molecule has 168 valence electrons. The number of para-hydroxylation sites is 1. The molecule has 2 aromatic rings. The van der Waals surface area contributed by atoms with Crippen molar-refractivity contribution in [3.05, 3.63) is 50.7 Å². The second kappa shape index (κ2) is 9.85. The van der Waals surface area contributed by atoms with E-state index in [1.807, 2.05) is 32.0 Å². The van der Waals surface area contributed by atoms with Crippen LogP contribution in [-0.4, -0.2) is 34.6 Å². The molecule has 3 N–H and O–H groups in total. The Labute approximate surface area is 182 Å². The van der Waals surface area contributed by atoms with Crippen molar-refractivity contribution in [3.8, 4) is 0 Å². The van der Waals surface area contributed by atoms with E-state index in [2.05, 4.69) is 22.9 Å². The van der Waals surface area contributed by atoms with E-state index in [0.29, 0.717) is 19.5 Å². The van der Waals surface area contributed by atoms with Crippen LogP contribution in [0.25, 0.3) is 0 Å². The first kappa shape index (κ1) is 22.7. The van der Waals surface area contributed by atoms with Crippen LogP contribution in [0.3, 0.4) is 0 Å². The summed E-state index contributed by atoms with van der Waals surface area (Å²) in [5, 5.41) is 0. The van der Waals surface area contributed by atoms with Crippen molar-refractivity contribution in [3.63, 3.8) is 0 Å². The number of anilines is 3. The molecule has 0 spiro atoms. The van der Waals surface area contributed by atoms with E-state index in [9.17, 15) is 14.4 Å². The van der Waals surface area contributed by atoms with Gasteiger partial charge in [0, 0.05) is 24.8 Å². The number of hydrogen-bond acceptors (Lipinski definition) is 5. The fourth-order valence-corrected chi connectivity index (χ4v) is 4.19. The van der Waals surface area contributed by atoms with E-state index in [0.717, 1.165) is 31.4 Å².